The third-order valence-electron chi connectivity index (χ3n) is 10.3. The van der Waals surface area contributed by atoms with E-state index in [-0.39, 0.29) is 48.3 Å². The number of carbonyl (C=O) groups excluding carboxylic acids is 4. The largest absolute Gasteiger partial charge is 0.493 e. The highest BCUT2D eigenvalue weighted by atomic mass is 16.7. The van der Waals surface area contributed by atoms with E-state index in [0.717, 1.165) is 12.0 Å². The van der Waals surface area contributed by atoms with Crippen LogP contribution in [0.3, 0.4) is 0 Å². The molecule has 1 saturated heterocycles. The molecule has 0 aliphatic carbocycles. The Balaban J connectivity index is 1.87. The number of aryl methyl sites for hydroxylation is 1. The molecule has 0 saturated carbocycles. The van der Waals surface area contributed by atoms with Crippen molar-refractivity contribution in [2.45, 2.75) is 105 Å². The minimum atomic E-state index is -1.20. The number of Topliss-reactive ketones (excluding diaryl/α,β-unsaturated/α-hetero) is 1. The van der Waals surface area contributed by atoms with Crippen molar-refractivity contribution < 1.29 is 47.6 Å². The lowest BCUT2D eigenvalue weighted by Crippen LogP contribution is -2.44. The van der Waals surface area contributed by atoms with E-state index in [1.165, 1.54) is 24.3 Å². The first kappa shape index (κ1) is 44.2. The van der Waals surface area contributed by atoms with Crippen molar-refractivity contribution in [2.24, 2.45) is 41.9 Å². The number of amides is 2. The number of ketones is 1. The average molecular weight is 759 g/mol. The summed E-state index contributed by atoms with van der Waals surface area (Å²) in [6.07, 6.45) is 3.46. The molecule has 0 radical (unpaired) electrons. The summed E-state index contributed by atoms with van der Waals surface area (Å²) < 4.78 is 35.7. The number of primary amides is 1. The van der Waals surface area contributed by atoms with Crippen LogP contribution in [0.25, 0.3) is 0 Å². The van der Waals surface area contributed by atoms with Crippen molar-refractivity contribution >= 4 is 23.8 Å². The molecule has 14 nitrogen and oxygen atoms in total. The minimum Gasteiger partial charge on any atom is -0.493 e. The second-order valence-electron chi connectivity index (χ2n) is 15.6. The number of carbonyl (C=O) groups is 4. The molecule has 54 heavy (non-hydrogen) atoms. The van der Waals surface area contributed by atoms with Gasteiger partial charge in [0.15, 0.2) is 17.2 Å². The number of esters is 1. The number of ether oxygens (including phenoxy) is 6. The van der Waals surface area contributed by atoms with Crippen LogP contribution >= 0.6 is 0 Å². The Morgan fingerprint density at radius 3 is 2.31 bits per heavy atom. The Hall–Kier alpha value is -4.17. The van der Waals surface area contributed by atoms with Gasteiger partial charge in [-0.05, 0) is 61.1 Å². The van der Waals surface area contributed by atoms with E-state index in [1.54, 1.807) is 39.7 Å². The number of rotatable bonds is 22. The van der Waals surface area contributed by atoms with Crippen LogP contribution in [0.1, 0.15) is 96.6 Å². The molecule has 2 amide bonds. The first-order valence-electron chi connectivity index (χ1n) is 18.9. The summed E-state index contributed by atoms with van der Waals surface area (Å²) in [5.74, 6) is 0.00937. The van der Waals surface area contributed by atoms with Crippen LogP contribution in [0, 0.1) is 29.1 Å². The Morgan fingerprint density at radius 2 is 1.72 bits per heavy atom. The third kappa shape index (κ3) is 12.7. The van der Waals surface area contributed by atoms with Gasteiger partial charge in [-0.3, -0.25) is 14.5 Å². The summed E-state index contributed by atoms with van der Waals surface area (Å²) in [5, 5.41) is 0. The van der Waals surface area contributed by atoms with Crippen LogP contribution in [0.4, 0.5) is 4.79 Å². The molecule has 2 aromatic rings. The Bertz CT molecular complexity index is 1540. The van der Waals surface area contributed by atoms with Crippen LogP contribution in [0.15, 0.2) is 30.7 Å². The summed E-state index contributed by atoms with van der Waals surface area (Å²) in [5.41, 5.74) is 5.91. The van der Waals surface area contributed by atoms with Gasteiger partial charge in [0.05, 0.1) is 32.2 Å². The van der Waals surface area contributed by atoms with Crippen LogP contribution in [-0.4, -0.2) is 90.8 Å². The zero-order chi connectivity index (χ0) is 40.2. The predicted octanol–water partition coefficient (Wildman–Crippen LogP) is 5.94. The molecule has 1 aromatic carbocycles. The fourth-order valence-electron chi connectivity index (χ4n) is 6.56. The Morgan fingerprint density at radius 1 is 1.00 bits per heavy atom. The fourth-order valence-corrected chi connectivity index (χ4v) is 6.56. The van der Waals surface area contributed by atoms with Gasteiger partial charge in [-0.15, -0.1) is 0 Å². The first-order valence-corrected chi connectivity index (χ1v) is 18.9. The third-order valence-corrected chi connectivity index (χ3v) is 10.3. The second kappa shape index (κ2) is 20.5. The maximum absolute atomic E-state index is 13.8. The second-order valence-corrected chi connectivity index (χ2v) is 15.6. The average Bonchev–Trinajstić information content (AvgIpc) is 3.73. The standard InChI is InChI=1S/C40H62N4O10/c1-25(2)29(18-28-12-13-34(50-10)36(19-28)51-17-11-16-49-9)20-32-35(21-30(26(3)4)33(45)14-15-40(6,7)38(41)47)52-24-44(32)39(48)54-27(5)53-37(46)31-22-43(8)23-42-31/h12-13,19,22-23,25-27,29-30,32,35H,11,14-18,20-21,24H2,1-10H3,(H2,41,47)/t27?,29-,30-,32-,35-/m0/s1. The molecular weight excluding hydrogens is 696 g/mol. The number of hydrogen-bond donors (Lipinski definition) is 1. The van der Waals surface area contributed by atoms with Gasteiger partial charge in [-0.2, -0.15) is 0 Å². The van der Waals surface area contributed by atoms with Gasteiger partial charge in [0.25, 0.3) is 0 Å². The Labute approximate surface area is 320 Å². The normalized spacial score (nSPS) is 17.7. The van der Waals surface area contributed by atoms with Gasteiger partial charge >= 0.3 is 12.1 Å². The minimum absolute atomic E-state index is 0.0204. The molecule has 1 aromatic heterocycles. The number of nitrogens with two attached hydrogens (primary N) is 1. The van der Waals surface area contributed by atoms with Gasteiger partial charge in [-0.25, -0.2) is 14.6 Å². The molecule has 0 bridgehead atoms. The van der Waals surface area contributed by atoms with Crippen molar-refractivity contribution in [3.05, 3.63) is 42.0 Å². The highest BCUT2D eigenvalue weighted by Crippen LogP contribution is 2.36. The van der Waals surface area contributed by atoms with Gasteiger partial charge in [0.1, 0.15) is 12.5 Å². The topological polar surface area (TPSA) is 171 Å². The van der Waals surface area contributed by atoms with Gasteiger partial charge in [-0.1, -0.05) is 47.6 Å². The van der Waals surface area contributed by atoms with E-state index in [9.17, 15) is 19.2 Å². The predicted molar refractivity (Wildman–Crippen MR) is 202 cm³/mol. The molecule has 1 fully saturated rings. The lowest BCUT2D eigenvalue weighted by molar-refractivity contribution is -0.129. The number of methoxy groups -OCH3 is 2. The van der Waals surface area contributed by atoms with Crippen molar-refractivity contribution in [3.8, 4) is 11.5 Å². The van der Waals surface area contributed by atoms with Crippen molar-refractivity contribution in [1.82, 2.24) is 14.5 Å². The highest BCUT2D eigenvalue weighted by molar-refractivity contribution is 5.87. The van der Waals surface area contributed by atoms with E-state index in [1.807, 2.05) is 32.0 Å². The van der Waals surface area contributed by atoms with Crippen molar-refractivity contribution in [2.75, 3.05) is 34.2 Å². The summed E-state index contributed by atoms with van der Waals surface area (Å²) in [7, 11) is 4.99. The number of nitrogens with zero attached hydrogens (tertiary/aromatic N) is 3. The first-order chi connectivity index (χ1) is 25.5. The lowest BCUT2D eigenvalue weighted by Gasteiger charge is -2.33. The molecule has 0 spiro atoms. The van der Waals surface area contributed by atoms with Crippen LogP contribution in [0.2, 0.25) is 0 Å². The van der Waals surface area contributed by atoms with Crippen LogP contribution in [0.5, 0.6) is 11.5 Å². The molecule has 1 unspecified atom stereocenters. The SMILES string of the molecule is COCCCOc1cc(C[C@@H](C[C@H]2[C@H](C[C@H](C(=O)CCC(C)(C)C(N)=O)C(C)C)OCN2C(=O)OC(C)OC(=O)c2cn(C)cn2)C(C)C)ccc1OC. The van der Waals surface area contributed by atoms with Crippen molar-refractivity contribution in [1.29, 1.82) is 0 Å². The molecule has 14 heteroatoms. The maximum Gasteiger partial charge on any atom is 0.415 e. The lowest BCUT2D eigenvalue weighted by atomic mass is 9.78. The van der Waals surface area contributed by atoms with E-state index in [4.69, 9.17) is 34.2 Å². The van der Waals surface area contributed by atoms with E-state index in [0.29, 0.717) is 50.4 Å². The maximum atomic E-state index is 13.8. The highest BCUT2D eigenvalue weighted by Gasteiger charge is 2.43. The van der Waals surface area contributed by atoms with Crippen molar-refractivity contribution in [3.63, 3.8) is 0 Å². The number of benzene rings is 1. The fraction of sp³-hybridized carbons (Fsp3) is 0.675. The van der Waals surface area contributed by atoms with E-state index in [2.05, 4.69) is 18.8 Å². The molecule has 1 aliphatic rings. The zero-order valence-electron chi connectivity index (χ0n) is 33.8. The smallest absolute Gasteiger partial charge is 0.415 e. The van der Waals surface area contributed by atoms with Gasteiger partial charge in [0.2, 0.25) is 12.2 Å². The monoisotopic (exact) mass is 758 g/mol. The number of hydrogen-bond acceptors (Lipinski definition) is 11. The molecule has 3 rings (SSSR count). The van der Waals surface area contributed by atoms with E-state index < -0.39 is 41.8 Å². The summed E-state index contributed by atoms with van der Waals surface area (Å²) >= 11 is 0. The Kier molecular flexibility index (Phi) is 16.8. The van der Waals surface area contributed by atoms with Gasteiger partial charge in [0, 0.05) is 58.1 Å². The summed E-state index contributed by atoms with van der Waals surface area (Å²) in [6, 6.07) is 5.45. The molecular formula is C40H62N4O10. The van der Waals surface area contributed by atoms with E-state index >= 15 is 0 Å². The molecule has 2 N–H and O–H groups in total. The molecule has 1 aliphatic heterocycles. The summed E-state index contributed by atoms with van der Waals surface area (Å²) in [6.45, 7) is 14.2. The van der Waals surface area contributed by atoms with Crippen LogP contribution in [-0.2, 0) is 42.0 Å². The molecule has 2 heterocycles. The molecule has 302 valence electrons. The zero-order valence-corrected chi connectivity index (χ0v) is 33.8. The number of imidazole rings is 1. The van der Waals surface area contributed by atoms with Gasteiger partial charge < -0.3 is 38.7 Å². The number of aromatic nitrogens is 2. The van der Waals surface area contributed by atoms with Crippen LogP contribution < -0.4 is 15.2 Å². The molecule has 5 atom stereocenters. The summed E-state index contributed by atoms with van der Waals surface area (Å²) in [4.78, 5) is 57.6. The quantitative estimate of drug-likeness (QED) is 0.0857.